The molecule has 0 saturated heterocycles. The SMILES string of the molecule is NCCNC(c1ccccc1)C1CCCCC1. The number of hydrogen-bond acceptors (Lipinski definition) is 2. The molecule has 0 heterocycles. The maximum atomic E-state index is 5.62. The highest BCUT2D eigenvalue weighted by molar-refractivity contribution is 5.19. The molecule has 94 valence electrons. The van der Waals surface area contributed by atoms with E-state index < -0.39 is 0 Å². The Balaban J connectivity index is 2.06. The third-order valence-corrected chi connectivity index (χ3v) is 3.79. The van der Waals surface area contributed by atoms with Crippen LogP contribution in [-0.2, 0) is 0 Å². The van der Waals surface area contributed by atoms with E-state index in [4.69, 9.17) is 5.73 Å². The summed E-state index contributed by atoms with van der Waals surface area (Å²) in [4.78, 5) is 0. The number of hydrogen-bond donors (Lipinski definition) is 2. The van der Waals surface area contributed by atoms with E-state index in [0.717, 1.165) is 19.0 Å². The van der Waals surface area contributed by atoms with E-state index in [1.54, 1.807) is 0 Å². The van der Waals surface area contributed by atoms with Gasteiger partial charge in [0, 0.05) is 19.1 Å². The smallest absolute Gasteiger partial charge is 0.0349 e. The maximum Gasteiger partial charge on any atom is 0.0349 e. The second-order valence-electron chi connectivity index (χ2n) is 5.03. The van der Waals surface area contributed by atoms with Crippen LogP contribution in [0.4, 0.5) is 0 Å². The summed E-state index contributed by atoms with van der Waals surface area (Å²) in [7, 11) is 0. The second kappa shape index (κ2) is 6.77. The summed E-state index contributed by atoms with van der Waals surface area (Å²) >= 11 is 0. The van der Waals surface area contributed by atoms with Crippen molar-refractivity contribution in [2.45, 2.75) is 38.1 Å². The predicted molar refractivity (Wildman–Crippen MR) is 72.8 cm³/mol. The lowest BCUT2D eigenvalue weighted by molar-refractivity contribution is 0.273. The highest BCUT2D eigenvalue weighted by Crippen LogP contribution is 2.34. The molecule has 0 radical (unpaired) electrons. The quantitative estimate of drug-likeness (QED) is 0.819. The van der Waals surface area contributed by atoms with Crippen LogP contribution in [0.15, 0.2) is 30.3 Å². The van der Waals surface area contributed by atoms with E-state index in [1.165, 1.54) is 37.7 Å². The Morgan fingerprint density at radius 3 is 2.47 bits per heavy atom. The van der Waals surface area contributed by atoms with Gasteiger partial charge in [-0.25, -0.2) is 0 Å². The molecule has 0 bridgehead atoms. The molecule has 1 fully saturated rings. The van der Waals surface area contributed by atoms with Crippen molar-refractivity contribution >= 4 is 0 Å². The van der Waals surface area contributed by atoms with Crippen LogP contribution in [0.25, 0.3) is 0 Å². The van der Waals surface area contributed by atoms with E-state index in [0.29, 0.717) is 6.04 Å². The molecule has 1 unspecified atom stereocenters. The van der Waals surface area contributed by atoms with Gasteiger partial charge in [0.25, 0.3) is 0 Å². The molecule has 0 aliphatic heterocycles. The van der Waals surface area contributed by atoms with Crippen molar-refractivity contribution in [1.82, 2.24) is 5.32 Å². The monoisotopic (exact) mass is 232 g/mol. The zero-order valence-electron chi connectivity index (χ0n) is 10.6. The van der Waals surface area contributed by atoms with Gasteiger partial charge in [0.05, 0.1) is 0 Å². The van der Waals surface area contributed by atoms with E-state index in [1.807, 2.05) is 0 Å². The van der Waals surface area contributed by atoms with Gasteiger partial charge >= 0.3 is 0 Å². The largest absolute Gasteiger partial charge is 0.329 e. The first-order valence-corrected chi connectivity index (χ1v) is 6.90. The minimum Gasteiger partial charge on any atom is -0.329 e. The highest BCUT2D eigenvalue weighted by Gasteiger charge is 2.24. The van der Waals surface area contributed by atoms with Gasteiger partial charge in [-0.15, -0.1) is 0 Å². The molecule has 2 heteroatoms. The van der Waals surface area contributed by atoms with Gasteiger partial charge in [-0.05, 0) is 24.3 Å². The minimum atomic E-state index is 0.500. The first kappa shape index (κ1) is 12.6. The third kappa shape index (κ3) is 3.55. The molecule has 1 aromatic rings. The van der Waals surface area contributed by atoms with Crippen molar-refractivity contribution in [2.75, 3.05) is 13.1 Å². The summed E-state index contributed by atoms with van der Waals surface area (Å²) in [6, 6.07) is 11.3. The molecular weight excluding hydrogens is 208 g/mol. The second-order valence-corrected chi connectivity index (χ2v) is 5.03. The zero-order valence-corrected chi connectivity index (χ0v) is 10.6. The molecule has 3 N–H and O–H groups in total. The summed E-state index contributed by atoms with van der Waals surface area (Å²) in [6.07, 6.45) is 6.90. The lowest BCUT2D eigenvalue weighted by atomic mass is 9.81. The van der Waals surface area contributed by atoms with Crippen LogP contribution in [0.3, 0.4) is 0 Å². The van der Waals surface area contributed by atoms with Crippen molar-refractivity contribution in [2.24, 2.45) is 11.7 Å². The fourth-order valence-corrected chi connectivity index (χ4v) is 2.92. The van der Waals surface area contributed by atoms with Crippen LogP contribution in [0.2, 0.25) is 0 Å². The van der Waals surface area contributed by atoms with Crippen LogP contribution >= 0.6 is 0 Å². The van der Waals surface area contributed by atoms with Crippen molar-refractivity contribution < 1.29 is 0 Å². The fraction of sp³-hybridized carbons (Fsp3) is 0.600. The normalized spacial score (nSPS) is 19.1. The maximum absolute atomic E-state index is 5.62. The van der Waals surface area contributed by atoms with Gasteiger partial charge in [0.1, 0.15) is 0 Å². The van der Waals surface area contributed by atoms with Crippen LogP contribution in [-0.4, -0.2) is 13.1 Å². The lowest BCUT2D eigenvalue weighted by Crippen LogP contribution is -2.33. The molecule has 0 spiro atoms. The third-order valence-electron chi connectivity index (χ3n) is 3.79. The van der Waals surface area contributed by atoms with Crippen LogP contribution in [0.5, 0.6) is 0 Å². The molecule has 1 aliphatic rings. The summed E-state index contributed by atoms with van der Waals surface area (Å²) in [5.74, 6) is 0.790. The van der Waals surface area contributed by atoms with Crippen molar-refractivity contribution in [1.29, 1.82) is 0 Å². The van der Waals surface area contributed by atoms with Crippen LogP contribution in [0, 0.1) is 5.92 Å². The average molecular weight is 232 g/mol. The Labute approximate surface area is 105 Å². The Kier molecular flexibility index (Phi) is 5.02. The zero-order chi connectivity index (χ0) is 11.9. The molecule has 1 saturated carbocycles. The lowest BCUT2D eigenvalue weighted by Gasteiger charge is -2.31. The number of benzene rings is 1. The average Bonchev–Trinajstić information content (AvgIpc) is 2.42. The molecule has 1 atom stereocenters. The number of nitrogens with two attached hydrogens (primary N) is 1. The van der Waals surface area contributed by atoms with Crippen molar-refractivity contribution in [3.8, 4) is 0 Å². The van der Waals surface area contributed by atoms with E-state index >= 15 is 0 Å². The topological polar surface area (TPSA) is 38.0 Å². The van der Waals surface area contributed by atoms with Gasteiger partial charge in [-0.3, -0.25) is 0 Å². The number of nitrogens with one attached hydrogen (secondary N) is 1. The fourth-order valence-electron chi connectivity index (χ4n) is 2.92. The predicted octanol–water partition coefficient (Wildman–Crippen LogP) is 2.86. The van der Waals surface area contributed by atoms with Crippen LogP contribution < -0.4 is 11.1 Å². The number of rotatable bonds is 5. The Bertz CT molecular complexity index is 304. The van der Waals surface area contributed by atoms with Gasteiger partial charge in [-0.2, -0.15) is 0 Å². The summed E-state index contributed by atoms with van der Waals surface area (Å²) < 4.78 is 0. The molecular formula is C15H24N2. The molecule has 2 rings (SSSR count). The Morgan fingerprint density at radius 2 is 1.82 bits per heavy atom. The van der Waals surface area contributed by atoms with Gasteiger partial charge in [0.15, 0.2) is 0 Å². The molecule has 17 heavy (non-hydrogen) atoms. The van der Waals surface area contributed by atoms with Gasteiger partial charge < -0.3 is 11.1 Å². The van der Waals surface area contributed by atoms with E-state index in [-0.39, 0.29) is 0 Å². The molecule has 0 aromatic heterocycles. The standard InChI is InChI=1S/C15H24N2/c16-11-12-17-15(13-7-3-1-4-8-13)14-9-5-2-6-10-14/h1,3-4,7-8,14-15,17H,2,5-6,9-12,16H2. The Hall–Kier alpha value is -0.860. The highest BCUT2D eigenvalue weighted by atomic mass is 14.9. The van der Waals surface area contributed by atoms with E-state index in [9.17, 15) is 0 Å². The van der Waals surface area contributed by atoms with Crippen molar-refractivity contribution in [3.63, 3.8) is 0 Å². The Morgan fingerprint density at radius 1 is 1.12 bits per heavy atom. The molecule has 2 nitrogen and oxygen atoms in total. The first-order chi connectivity index (χ1) is 8.42. The molecule has 0 amide bonds. The minimum absolute atomic E-state index is 0.500. The summed E-state index contributed by atoms with van der Waals surface area (Å²) in [5, 5.41) is 3.63. The first-order valence-electron chi connectivity index (χ1n) is 6.90. The van der Waals surface area contributed by atoms with Gasteiger partial charge in [0.2, 0.25) is 0 Å². The van der Waals surface area contributed by atoms with Crippen molar-refractivity contribution in [3.05, 3.63) is 35.9 Å². The summed E-state index contributed by atoms with van der Waals surface area (Å²) in [6.45, 7) is 1.63. The van der Waals surface area contributed by atoms with Gasteiger partial charge in [-0.1, -0.05) is 49.6 Å². The molecule has 1 aliphatic carbocycles. The van der Waals surface area contributed by atoms with E-state index in [2.05, 4.69) is 35.6 Å². The summed E-state index contributed by atoms with van der Waals surface area (Å²) in [5.41, 5.74) is 7.05. The van der Waals surface area contributed by atoms with Crippen LogP contribution in [0.1, 0.15) is 43.7 Å². The molecule has 1 aromatic carbocycles.